The number of hydrogen-bond donors (Lipinski definition) is 0. The normalized spacial score (nSPS) is 16.8. The molecule has 2 aromatic carbocycles. The first kappa shape index (κ1) is 17.4. The van der Waals surface area contributed by atoms with Crippen LogP contribution in [0.3, 0.4) is 0 Å². The highest BCUT2D eigenvalue weighted by molar-refractivity contribution is 5.78. The van der Waals surface area contributed by atoms with Gasteiger partial charge in [0.15, 0.2) is 0 Å². The number of amides is 1. The Morgan fingerprint density at radius 2 is 1.93 bits per heavy atom. The Labute approximate surface area is 157 Å². The average Bonchev–Trinajstić information content (AvgIpc) is 3.17. The maximum atomic E-state index is 12.9. The molecule has 0 bridgehead atoms. The first-order valence-electron chi connectivity index (χ1n) is 9.32. The van der Waals surface area contributed by atoms with Crippen molar-refractivity contribution in [3.05, 3.63) is 70.0 Å². The van der Waals surface area contributed by atoms with Gasteiger partial charge in [0.25, 0.3) is 5.56 Å². The molecule has 2 heterocycles. The molecule has 0 aliphatic carbocycles. The molecule has 27 heavy (non-hydrogen) atoms. The SMILES string of the molecule is Cc1ccccc1[C@H]1CCCN1C(=O)CCn1nnc2ccccc2c1=O. The Kier molecular flexibility index (Phi) is 4.71. The fraction of sp³-hybridized carbons (Fsp3) is 0.333. The summed E-state index contributed by atoms with van der Waals surface area (Å²) in [4.78, 5) is 27.3. The minimum absolute atomic E-state index is 0.0580. The molecule has 0 N–H and O–H groups in total. The number of nitrogens with zero attached hydrogens (tertiary/aromatic N) is 4. The minimum Gasteiger partial charge on any atom is -0.336 e. The molecule has 3 aromatic rings. The molecule has 1 aromatic heterocycles. The van der Waals surface area contributed by atoms with Gasteiger partial charge < -0.3 is 4.90 Å². The van der Waals surface area contributed by atoms with Crippen molar-refractivity contribution >= 4 is 16.8 Å². The maximum absolute atomic E-state index is 12.9. The van der Waals surface area contributed by atoms with E-state index in [1.807, 2.05) is 23.1 Å². The summed E-state index contributed by atoms with van der Waals surface area (Å²) >= 11 is 0. The van der Waals surface area contributed by atoms with Crippen LogP contribution in [0.15, 0.2) is 53.3 Å². The number of aromatic nitrogens is 3. The zero-order valence-electron chi connectivity index (χ0n) is 15.3. The van der Waals surface area contributed by atoms with E-state index in [2.05, 4.69) is 29.4 Å². The summed E-state index contributed by atoms with van der Waals surface area (Å²) in [6.45, 7) is 3.09. The summed E-state index contributed by atoms with van der Waals surface area (Å²) in [5, 5.41) is 8.59. The molecule has 0 radical (unpaired) electrons. The monoisotopic (exact) mass is 362 g/mol. The predicted molar refractivity (Wildman–Crippen MR) is 103 cm³/mol. The van der Waals surface area contributed by atoms with Crippen LogP contribution < -0.4 is 5.56 Å². The lowest BCUT2D eigenvalue weighted by Crippen LogP contribution is -2.33. The molecule has 0 spiro atoms. The van der Waals surface area contributed by atoms with Gasteiger partial charge in [0.05, 0.1) is 18.0 Å². The predicted octanol–water partition coefficient (Wildman–Crippen LogP) is 2.85. The lowest BCUT2D eigenvalue weighted by molar-refractivity contribution is -0.132. The van der Waals surface area contributed by atoms with E-state index in [1.54, 1.807) is 18.2 Å². The van der Waals surface area contributed by atoms with Gasteiger partial charge in [-0.15, -0.1) is 5.10 Å². The molecule has 1 fully saturated rings. The van der Waals surface area contributed by atoms with E-state index in [1.165, 1.54) is 15.8 Å². The molecule has 1 amide bonds. The minimum atomic E-state index is -0.203. The van der Waals surface area contributed by atoms with E-state index < -0.39 is 0 Å². The third-order valence-electron chi connectivity index (χ3n) is 5.29. The summed E-state index contributed by atoms with van der Waals surface area (Å²) in [6.07, 6.45) is 2.22. The number of rotatable bonds is 4. The lowest BCUT2D eigenvalue weighted by atomic mass is 9.99. The molecule has 138 valence electrons. The first-order valence-corrected chi connectivity index (χ1v) is 9.32. The van der Waals surface area contributed by atoms with Crippen molar-refractivity contribution in [2.24, 2.45) is 0 Å². The molecule has 6 nitrogen and oxygen atoms in total. The maximum Gasteiger partial charge on any atom is 0.277 e. The van der Waals surface area contributed by atoms with Crippen LogP contribution in [0.2, 0.25) is 0 Å². The molecular weight excluding hydrogens is 340 g/mol. The van der Waals surface area contributed by atoms with Gasteiger partial charge in [0, 0.05) is 13.0 Å². The fourth-order valence-corrected chi connectivity index (χ4v) is 3.86. The second-order valence-electron chi connectivity index (χ2n) is 6.99. The van der Waals surface area contributed by atoms with Crippen LogP contribution in [0.1, 0.15) is 36.4 Å². The van der Waals surface area contributed by atoms with Crippen LogP contribution >= 0.6 is 0 Å². The molecule has 0 saturated carbocycles. The van der Waals surface area contributed by atoms with Crippen LogP contribution in [0.5, 0.6) is 0 Å². The van der Waals surface area contributed by atoms with Crippen LogP contribution in [0.25, 0.3) is 10.9 Å². The van der Waals surface area contributed by atoms with Crippen molar-refractivity contribution in [3.8, 4) is 0 Å². The zero-order chi connectivity index (χ0) is 18.8. The van der Waals surface area contributed by atoms with Gasteiger partial charge in [-0.3, -0.25) is 9.59 Å². The number of hydrogen-bond acceptors (Lipinski definition) is 4. The summed E-state index contributed by atoms with van der Waals surface area (Å²) in [6, 6.07) is 15.5. The Bertz CT molecular complexity index is 1040. The van der Waals surface area contributed by atoms with Gasteiger partial charge in [-0.1, -0.05) is 41.6 Å². The molecule has 1 atom stereocenters. The van der Waals surface area contributed by atoms with Crippen molar-refractivity contribution in [2.45, 2.75) is 38.8 Å². The van der Waals surface area contributed by atoms with Crippen LogP contribution in [0.4, 0.5) is 0 Å². The second kappa shape index (κ2) is 7.31. The van der Waals surface area contributed by atoms with E-state index in [0.717, 1.165) is 19.4 Å². The van der Waals surface area contributed by atoms with Crippen molar-refractivity contribution in [3.63, 3.8) is 0 Å². The molecule has 6 heteroatoms. The third-order valence-corrected chi connectivity index (χ3v) is 5.29. The fourth-order valence-electron chi connectivity index (χ4n) is 3.86. The van der Waals surface area contributed by atoms with E-state index >= 15 is 0 Å². The molecule has 0 unspecified atom stereocenters. The van der Waals surface area contributed by atoms with Gasteiger partial charge in [0.2, 0.25) is 5.91 Å². The highest BCUT2D eigenvalue weighted by Crippen LogP contribution is 2.33. The molecular formula is C21H22N4O2. The molecule has 4 rings (SSSR count). The van der Waals surface area contributed by atoms with Crippen LogP contribution in [-0.2, 0) is 11.3 Å². The van der Waals surface area contributed by atoms with Gasteiger partial charge in [-0.25, -0.2) is 4.68 Å². The molecule has 1 aliphatic heterocycles. The Morgan fingerprint density at radius 3 is 2.78 bits per heavy atom. The Morgan fingerprint density at radius 1 is 1.15 bits per heavy atom. The van der Waals surface area contributed by atoms with Crippen molar-refractivity contribution < 1.29 is 4.79 Å². The largest absolute Gasteiger partial charge is 0.336 e. The Hall–Kier alpha value is -3.02. The standard InChI is InChI=1S/C21H22N4O2/c1-15-7-2-3-8-16(15)19-11-6-13-24(19)20(26)12-14-25-21(27)17-9-4-5-10-18(17)22-23-25/h2-5,7-10,19H,6,11-14H2,1H3/t19-/m1/s1. The van der Waals surface area contributed by atoms with Gasteiger partial charge in [-0.05, 0) is 43.0 Å². The number of carbonyl (C=O) groups is 1. The van der Waals surface area contributed by atoms with E-state index in [4.69, 9.17) is 0 Å². The lowest BCUT2D eigenvalue weighted by Gasteiger charge is -2.26. The second-order valence-corrected chi connectivity index (χ2v) is 6.99. The number of likely N-dealkylation sites (tertiary alicyclic amines) is 1. The average molecular weight is 362 g/mol. The topological polar surface area (TPSA) is 68.1 Å². The quantitative estimate of drug-likeness (QED) is 0.716. The van der Waals surface area contributed by atoms with Crippen LogP contribution in [0, 0.1) is 6.92 Å². The smallest absolute Gasteiger partial charge is 0.277 e. The number of aryl methyl sites for hydroxylation is 2. The van der Waals surface area contributed by atoms with Gasteiger partial charge >= 0.3 is 0 Å². The highest BCUT2D eigenvalue weighted by atomic mass is 16.2. The molecule has 1 aliphatic rings. The summed E-state index contributed by atoms with van der Waals surface area (Å²) in [5.41, 5.74) is 2.79. The Balaban J connectivity index is 1.50. The molecule has 1 saturated heterocycles. The van der Waals surface area contributed by atoms with Crippen LogP contribution in [-0.4, -0.2) is 32.3 Å². The van der Waals surface area contributed by atoms with E-state index in [-0.39, 0.29) is 30.5 Å². The van der Waals surface area contributed by atoms with Crippen molar-refractivity contribution in [1.29, 1.82) is 0 Å². The van der Waals surface area contributed by atoms with Crippen molar-refractivity contribution in [2.75, 3.05) is 6.54 Å². The van der Waals surface area contributed by atoms with E-state index in [9.17, 15) is 9.59 Å². The third kappa shape index (κ3) is 3.35. The number of benzene rings is 2. The highest BCUT2D eigenvalue weighted by Gasteiger charge is 2.30. The number of fused-ring (bicyclic) bond motifs is 1. The van der Waals surface area contributed by atoms with Gasteiger partial charge in [0.1, 0.15) is 5.52 Å². The summed E-state index contributed by atoms with van der Waals surface area (Å²) in [7, 11) is 0. The summed E-state index contributed by atoms with van der Waals surface area (Å²) in [5.74, 6) is 0.0580. The zero-order valence-corrected chi connectivity index (χ0v) is 15.3. The van der Waals surface area contributed by atoms with E-state index in [0.29, 0.717) is 10.9 Å². The first-order chi connectivity index (χ1) is 13.1. The number of carbonyl (C=O) groups excluding carboxylic acids is 1. The van der Waals surface area contributed by atoms with Gasteiger partial charge in [-0.2, -0.15) is 0 Å². The van der Waals surface area contributed by atoms with Crippen molar-refractivity contribution in [1.82, 2.24) is 19.9 Å². The summed E-state index contributed by atoms with van der Waals surface area (Å²) < 4.78 is 1.29.